The molecule has 0 saturated carbocycles. The van der Waals surface area contributed by atoms with Gasteiger partial charge in [-0.05, 0) is 80.4 Å². The molecule has 2 saturated heterocycles. The van der Waals surface area contributed by atoms with Gasteiger partial charge in [0, 0.05) is 21.6 Å². The van der Waals surface area contributed by atoms with Gasteiger partial charge in [-0.1, -0.05) is 12.1 Å². The van der Waals surface area contributed by atoms with Crippen molar-refractivity contribution in [3.8, 4) is 0 Å². The second-order valence-corrected chi connectivity index (χ2v) is 8.11. The number of hydrogen-bond acceptors (Lipinski definition) is 3. The molecule has 3 nitrogen and oxygen atoms in total. The Morgan fingerprint density at radius 2 is 1.91 bits per heavy atom. The maximum absolute atomic E-state index is 12.7. The van der Waals surface area contributed by atoms with Crippen LogP contribution in [-0.4, -0.2) is 36.1 Å². The first-order chi connectivity index (χ1) is 10.5. The van der Waals surface area contributed by atoms with Crippen LogP contribution in [0.1, 0.15) is 44.6 Å². The minimum Gasteiger partial charge on any atom is -0.463 e. The highest BCUT2D eigenvalue weighted by Crippen LogP contribution is 2.46. The number of ether oxygens (including phenoxy) is 1. The van der Waals surface area contributed by atoms with Crippen molar-refractivity contribution in [2.24, 2.45) is 5.92 Å². The van der Waals surface area contributed by atoms with Crippen LogP contribution in [0.15, 0.2) is 24.3 Å². The lowest BCUT2D eigenvalue weighted by Crippen LogP contribution is -2.49. The highest BCUT2D eigenvalue weighted by atomic mass is 127. The van der Waals surface area contributed by atoms with E-state index in [4.69, 9.17) is 4.74 Å². The Labute approximate surface area is 158 Å². The number of halogens is 2. The molecule has 128 valence electrons. The number of nitrogens with zero attached hydrogens (tertiary/aromatic N) is 1. The Morgan fingerprint density at radius 3 is 2.52 bits per heavy atom. The molecule has 2 heterocycles. The molecule has 2 aliphatic rings. The summed E-state index contributed by atoms with van der Waals surface area (Å²) in [5.41, 5.74) is 1.29. The predicted molar refractivity (Wildman–Crippen MR) is 103 cm³/mol. The van der Waals surface area contributed by atoms with Gasteiger partial charge < -0.3 is 4.74 Å². The molecule has 0 aliphatic carbocycles. The molecule has 0 radical (unpaired) electrons. The van der Waals surface area contributed by atoms with E-state index in [0.29, 0.717) is 12.1 Å². The van der Waals surface area contributed by atoms with Crippen LogP contribution in [-0.2, 0) is 9.53 Å². The van der Waals surface area contributed by atoms with Crippen molar-refractivity contribution >= 4 is 41.0 Å². The highest BCUT2D eigenvalue weighted by Gasteiger charge is 2.49. The highest BCUT2D eigenvalue weighted by molar-refractivity contribution is 14.1. The fourth-order valence-electron chi connectivity index (χ4n) is 4.15. The summed E-state index contributed by atoms with van der Waals surface area (Å²) in [4.78, 5) is 15.2. The van der Waals surface area contributed by atoms with Gasteiger partial charge in [-0.25, -0.2) is 0 Å². The van der Waals surface area contributed by atoms with Gasteiger partial charge in [-0.15, -0.1) is 12.4 Å². The third kappa shape index (κ3) is 3.85. The van der Waals surface area contributed by atoms with Crippen LogP contribution < -0.4 is 0 Å². The molecule has 2 aliphatic heterocycles. The summed E-state index contributed by atoms with van der Waals surface area (Å²) in [7, 11) is 2.17. The van der Waals surface area contributed by atoms with Gasteiger partial charge in [0.1, 0.15) is 0 Å². The van der Waals surface area contributed by atoms with Crippen LogP contribution in [0.5, 0.6) is 0 Å². The topological polar surface area (TPSA) is 29.5 Å². The predicted octanol–water partition coefficient (Wildman–Crippen LogP) is 4.23. The van der Waals surface area contributed by atoms with Crippen molar-refractivity contribution < 1.29 is 9.53 Å². The average molecular weight is 450 g/mol. The van der Waals surface area contributed by atoms with Gasteiger partial charge in [0.05, 0.1) is 12.0 Å². The van der Waals surface area contributed by atoms with E-state index in [9.17, 15) is 4.79 Å². The summed E-state index contributed by atoms with van der Waals surface area (Å²) >= 11 is 2.33. The number of piperidine rings is 1. The van der Waals surface area contributed by atoms with Crippen molar-refractivity contribution in [1.29, 1.82) is 0 Å². The molecular formula is C18H25ClINO2. The first-order valence-corrected chi connectivity index (χ1v) is 9.23. The quantitative estimate of drug-likeness (QED) is 0.511. The Morgan fingerprint density at radius 1 is 1.26 bits per heavy atom. The number of hydrogen-bond donors (Lipinski definition) is 0. The van der Waals surface area contributed by atoms with Gasteiger partial charge in [0.15, 0.2) is 0 Å². The molecule has 0 spiro atoms. The normalized spacial score (nSPS) is 30.1. The second kappa shape index (κ2) is 7.70. The lowest BCUT2D eigenvalue weighted by Gasteiger charge is -2.42. The van der Waals surface area contributed by atoms with Crippen molar-refractivity contribution in [3.05, 3.63) is 33.4 Å². The summed E-state index contributed by atoms with van der Waals surface area (Å²) < 4.78 is 6.83. The van der Waals surface area contributed by atoms with Crippen molar-refractivity contribution in [2.45, 2.75) is 57.2 Å². The number of benzene rings is 1. The minimum atomic E-state index is -0.0469. The van der Waals surface area contributed by atoms with Gasteiger partial charge in [0.25, 0.3) is 0 Å². The summed E-state index contributed by atoms with van der Waals surface area (Å²) in [6.07, 6.45) is 3.33. The summed E-state index contributed by atoms with van der Waals surface area (Å²) in [5, 5.41) is 0. The van der Waals surface area contributed by atoms with Crippen LogP contribution in [0.4, 0.5) is 0 Å². The van der Waals surface area contributed by atoms with Gasteiger partial charge in [-0.2, -0.15) is 0 Å². The Hall–Kier alpha value is -0.330. The van der Waals surface area contributed by atoms with Gasteiger partial charge in [0.2, 0.25) is 0 Å². The third-order valence-electron chi connectivity index (χ3n) is 5.19. The van der Waals surface area contributed by atoms with E-state index in [0.717, 1.165) is 12.8 Å². The Kier molecular flexibility index (Phi) is 6.36. The minimum absolute atomic E-state index is 0. The monoisotopic (exact) mass is 449 g/mol. The molecular weight excluding hydrogens is 425 g/mol. The van der Waals surface area contributed by atoms with Crippen LogP contribution >= 0.6 is 35.0 Å². The molecule has 23 heavy (non-hydrogen) atoms. The van der Waals surface area contributed by atoms with Gasteiger partial charge in [-0.3, -0.25) is 9.69 Å². The average Bonchev–Trinajstić information content (AvgIpc) is 2.71. The fourth-order valence-corrected chi connectivity index (χ4v) is 4.51. The zero-order valence-electron chi connectivity index (χ0n) is 13.9. The van der Waals surface area contributed by atoms with Crippen LogP contribution in [0.2, 0.25) is 0 Å². The molecule has 1 aromatic carbocycles. The molecule has 4 atom stereocenters. The van der Waals surface area contributed by atoms with E-state index in [-0.39, 0.29) is 36.3 Å². The number of fused-ring (bicyclic) bond motifs is 2. The van der Waals surface area contributed by atoms with E-state index in [1.54, 1.807) is 0 Å². The Balaban J connectivity index is 0.00000192. The van der Waals surface area contributed by atoms with Crippen LogP contribution in [0.25, 0.3) is 0 Å². The van der Waals surface area contributed by atoms with Gasteiger partial charge >= 0.3 is 5.97 Å². The number of rotatable bonds is 3. The van der Waals surface area contributed by atoms with Crippen molar-refractivity contribution in [1.82, 2.24) is 4.90 Å². The summed E-state index contributed by atoms with van der Waals surface area (Å²) in [6.45, 7) is 3.86. The summed E-state index contributed by atoms with van der Waals surface area (Å²) in [6, 6.07) is 9.59. The second-order valence-electron chi connectivity index (χ2n) is 6.87. The van der Waals surface area contributed by atoms with E-state index >= 15 is 0 Å². The van der Waals surface area contributed by atoms with E-state index < -0.39 is 0 Å². The Bertz CT molecular complexity index is 548. The zero-order valence-corrected chi connectivity index (χ0v) is 16.8. The van der Waals surface area contributed by atoms with Crippen molar-refractivity contribution in [3.63, 3.8) is 0 Å². The maximum atomic E-state index is 12.7. The molecule has 5 heteroatoms. The maximum Gasteiger partial charge on any atom is 0.311 e. The molecule has 2 bridgehead atoms. The number of carbonyl (C=O) groups is 1. The van der Waals surface area contributed by atoms with E-state index in [1.807, 2.05) is 13.8 Å². The van der Waals surface area contributed by atoms with E-state index in [2.05, 4.69) is 58.8 Å². The fraction of sp³-hybridized carbons (Fsp3) is 0.611. The lowest BCUT2D eigenvalue weighted by molar-refractivity contribution is -0.157. The lowest BCUT2D eigenvalue weighted by atomic mass is 9.76. The standard InChI is InChI=1S/C18H24INO2.ClH/c1-11(2)22-18(21)17-15(12-4-6-13(19)7-5-12)10-14-8-9-16(17)20(14)3;/h4-7,11,14-17H,8-10H2,1-3H3;1H/t14?,15-,16?,17+;/m1./s1. The number of esters is 1. The van der Waals surface area contributed by atoms with Crippen LogP contribution in [0, 0.1) is 9.49 Å². The van der Waals surface area contributed by atoms with E-state index in [1.165, 1.54) is 15.6 Å². The SMILES string of the molecule is CC(C)OC(=O)[C@@H]1C2CCC(C[C@@H]1c1ccc(I)cc1)N2C.Cl. The largest absolute Gasteiger partial charge is 0.463 e. The molecule has 0 N–H and O–H groups in total. The van der Waals surface area contributed by atoms with Crippen LogP contribution in [0.3, 0.4) is 0 Å². The molecule has 3 rings (SSSR count). The molecule has 0 aromatic heterocycles. The number of carbonyl (C=O) groups excluding carboxylic acids is 1. The molecule has 1 aromatic rings. The smallest absolute Gasteiger partial charge is 0.311 e. The summed E-state index contributed by atoms with van der Waals surface area (Å²) in [5.74, 6) is 0.235. The third-order valence-corrected chi connectivity index (χ3v) is 5.91. The zero-order chi connectivity index (χ0) is 15.9. The molecule has 2 unspecified atom stereocenters. The first-order valence-electron chi connectivity index (χ1n) is 8.15. The first kappa shape index (κ1) is 19.0. The molecule has 2 fully saturated rings. The molecule has 0 amide bonds. The van der Waals surface area contributed by atoms with Crippen molar-refractivity contribution in [2.75, 3.05) is 7.05 Å².